The molecule has 0 aliphatic heterocycles. The minimum absolute atomic E-state index is 0.254. The molecule has 0 aromatic heterocycles. The normalized spacial score (nSPS) is 10.6. The molecule has 94 valence electrons. The topological polar surface area (TPSA) is 35.2 Å². The maximum absolute atomic E-state index is 13.5. The lowest BCUT2D eigenvalue weighted by molar-refractivity contribution is 0.140. The standard InChI is InChI=1S/C14H13F2NO/c15-13-4-1-10(2-5-13)11-3-6-14(16)12(9-11)7-8-18-17/h1-6,9H,7-8,17H2. The Kier molecular flexibility index (Phi) is 4.02. The van der Waals surface area contributed by atoms with E-state index in [4.69, 9.17) is 5.90 Å². The Bertz CT molecular complexity index is 526. The lowest BCUT2D eigenvalue weighted by Gasteiger charge is -2.06. The fourth-order valence-corrected chi connectivity index (χ4v) is 1.76. The van der Waals surface area contributed by atoms with Crippen molar-refractivity contribution >= 4 is 0 Å². The first-order valence-electron chi connectivity index (χ1n) is 5.57. The van der Waals surface area contributed by atoms with Crippen LogP contribution in [0.5, 0.6) is 0 Å². The predicted octanol–water partition coefficient (Wildman–Crippen LogP) is 3.06. The van der Waals surface area contributed by atoms with Gasteiger partial charge in [0.2, 0.25) is 0 Å². The van der Waals surface area contributed by atoms with Gasteiger partial charge in [0.1, 0.15) is 11.6 Å². The van der Waals surface area contributed by atoms with Crippen molar-refractivity contribution in [3.8, 4) is 11.1 Å². The number of hydrogen-bond acceptors (Lipinski definition) is 2. The molecule has 18 heavy (non-hydrogen) atoms. The van der Waals surface area contributed by atoms with Crippen LogP contribution in [0.15, 0.2) is 42.5 Å². The summed E-state index contributed by atoms with van der Waals surface area (Å²) >= 11 is 0. The Hall–Kier alpha value is -1.78. The van der Waals surface area contributed by atoms with E-state index in [-0.39, 0.29) is 18.2 Å². The third kappa shape index (κ3) is 2.91. The second kappa shape index (κ2) is 5.71. The molecule has 0 radical (unpaired) electrons. The molecule has 0 saturated carbocycles. The summed E-state index contributed by atoms with van der Waals surface area (Å²) in [7, 11) is 0. The van der Waals surface area contributed by atoms with Crippen LogP contribution in [0.3, 0.4) is 0 Å². The summed E-state index contributed by atoms with van der Waals surface area (Å²) in [4.78, 5) is 4.45. The summed E-state index contributed by atoms with van der Waals surface area (Å²) in [6.45, 7) is 0.254. The molecule has 2 aromatic carbocycles. The van der Waals surface area contributed by atoms with E-state index >= 15 is 0 Å². The van der Waals surface area contributed by atoms with Crippen LogP contribution in [-0.4, -0.2) is 6.61 Å². The van der Waals surface area contributed by atoms with Gasteiger partial charge in [0.15, 0.2) is 0 Å². The Labute approximate surface area is 104 Å². The number of benzene rings is 2. The number of halogens is 2. The molecular formula is C14H13F2NO. The highest BCUT2D eigenvalue weighted by Gasteiger charge is 2.05. The zero-order valence-corrected chi connectivity index (χ0v) is 9.70. The SMILES string of the molecule is NOCCc1cc(-c2ccc(F)cc2)ccc1F. The second-order valence-corrected chi connectivity index (χ2v) is 3.93. The Morgan fingerprint density at radius 2 is 1.61 bits per heavy atom. The highest BCUT2D eigenvalue weighted by atomic mass is 19.1. The Morgan fingerprint density at radius 1 is 0.944 bits per heavy atom. The van der Waals surface area contributed by atoms with Crippen molar-refractivity contribution in [2.45, 2.75) is 6.42 Å². The van der Waals surface area contributed by atoms with Crippen LogP contribution in [0.2, 0.25) is 0 Å². The van der Waals surface area contributed by atoms with E-state index in [0.29, 0.717) is 12.0 Å². The largest absolute Gasteiger partial charge is 0.304 e. The Morgan fingerprint density at radius 3 is 2.28 bits per heavy atom. The Balaban J connectivity index is 2.31. The van der Waals surface area contributed by atoms with Gasteiger partial charge in [-0.1, -0.05) is 18.2 Å². The van der Waals surface area contributed by atoms with Crippen LogP contribution < -0.4 is 5.90 Å². The van der Waals surface area contributed by atoms with Crippen molar-refractivity contribution in [2.24, 2.45) is 5.90 Å². The first-order valence-corrected chi connectivity index (χ1v) is 5.57. The zero-order valence-electron chi connectivity index (χ0n) is 9.70. The summed E-state index contributed by atoms with van der Waals surface area (Å²) in [6, 6.07) is 10.8. The average molecular weight is 249 g/mol. The molecule has 2 aromatic rings. The van der Waals surface area contributed by atoms with Gasteiger partial charge < -0.3 is 4.84 Å². The molecule has 2 nitrogen and oxygen atoms in total. The molecule has 2 rings (SSSR count). The number of rotatable bonds is 4. The molecule has 0 bridgehead atoms. The van der Waals surface area contributed by atoms with Gasteiger partial charge in [0.25, 0.3) is 0 Å². The molecule has 0 atom stereocenters. The third-order valence-electron chi connectivity index (χ3n) is 2.71. The van der Waals surface area contributed by atoms with Gasteiger partial charge in [-0.15, -0.1) is 0 Å². The van der Waals surface area contributed by atoms with Gasteiger partial charge in [0.05, 0.1) is 6.61 Å². The molecule has 0 aliphatic carbocycles. The molecule has 4 heteroatoms. The van der Waals surface area contributed by atoms with Crippen molar-refractivity contribution in [2.75, 3.05) is 6.61 Å². The van der Waals surface area contributed by atoms with Crippen molar-refractivity contribution in [1.82, 2.24) is 0 Å². The van der Waals surface area contributed by atoms with Crippen LogP contribution in [-0.2, 0) is 11.3 Å². The second-order valence-electron chi connectivity index (χ2n) is 3.93. The average Bonchev–Trinajstić information content (AvgIpc) is 2.39. The smallest absolute Gasteiger partial charge is 0.126 e. The van der Waals surface area contributed by atoms with Crippen LogP contribution in [0.25, 0.3) is 11.1 Å². The van der Waals surface area contributed by atoms with Gasteiger partial charge in [-0.2, -0.15) is 0 Å². The first-order chi connectivity index (χ1) is 8.70. The lowest BCUT2D eigenvalue weighted by Crippen LogP contribution is -2.05. The summed E-state index contributed by atoms with van der Waals surface area (Å²) in [6.07, 6.45) is 0.400. The van der Waals surface area contributed by atoms with E-state index in [9.17, 15) is 8.78 Å². The van der Waals surface area contributed by atoms with Crippen LogP contribution in [0.1, 0.15) is 5.56 Å². The predicted molar refractivity (Wildman–Crippen MR) is 65.6 cm³/mol. The quantitative estimate of drug-likeness (QED) is 0.845. The highest BCUT2D eigenvalue weighted by Crippen LogP contribution is 2.22. The fraction of sp³-hybridized carbons (Fsp3) is 0.143. The maximum Gasteiger partial charge on any atom is 0.126 e. The summed E-state index contributed by atoms with van der Waals surface area (Å²) in [5.41, 5.74) is 2.21. The van der Waals surface area contributed by atoms with E-state index in [1.54, 1.807) is 24.3 Å². The van der Waals surface area contributed by atoms with Gasteiger partial charge in [-0.3, -0.25) is 0 Å². The first kappa shape index (κ1) is 12.7. The van der Waals surface area contributed by atoms with Crippen molar-refractivity contribution < 1.29 is 13.6 Å². The van der Waals surface area contributed by atoms with E-state index < -0.39 is 0 Å². The number of nitrogens with two attached hydrogens (primary N) is 1. The monoisotopic (exact) mass is 249 g/mol. The van der Waals surface area contributed by atoms with Crippen molar-refractivity contribution in [3.05, 3.63) is 59.7 Å². The van der Waals surface area contributed by atoms with E-state index in [1.807, 2.05) is 0 Å². The minimum Gasteiger partial charge on any atom is -0.304 e. The molecule has 0 saturated heterocycles. The van der Waals surface area contributed by atoms with Crippen molar-refractivity contribution in [1.29, 1.82) is 0 Å². The molecule has 0 amide bonds. The summed E-state index contributed by atoms with van der Waals surface area (Å²) in [5.74, 6) is 4.34. The molecule has 0 unspecified atom stereocenters. The fourth-order valence-electron chi connectivity index (χ4n) is 1.76. The van der Waals surface area contributed by atoms with Crippen LogP contribution in [0, 0.1) is 11.6 Å². The third-order valence-corrected chi connectivity index (χ3v) is 2.71. The van der Waals surface area contributed by atoms with E-state index in [2.05, 4.69) is 4.84 Å². The molecule has 0 aliphatic rings. The highest BCUT2D eigenvalue weighted by molar-refractivity contribution is 5.64. The zero-order chi connectivity index (χ0) is 13.0. The van der Waals surface area contributed by atoms with Crippen LogP contribution in [0.4, 0.5) is 8.78 Å². The minimum atomic E-state index is -0.294. The molecule has 2 N–H and O–H groups in total. The molecule has 0 spiro atoms. The van der Waals surface area contributed by atoms with E-state index in [0.717, 1.165) is 11.1 Å². The van der Waals surface area contributed by atoms with Crippen molar-refractivity contribution in [3.63, 3.8) is 0 Å². The number of hydrogen-bond donors (Lipinski definition) is 1. The molecular weight excluding hydrogens is 236 g/mol. The lowest BCUT2D eigenvalue weighted by atomic mass is 10.0. The van der Waals surface area contributed by atoms with Gasteiger partial charge in [-0.05, 0) is 41.0 Å². The summed E-state index contributed by atoms with van der Waals surface area (Å²) in [5, 5.41) is 0. The van der Waals surface area contributed by atoms with Gasteiger partial charge in [-0.25, -0.2) is 14.7 Å². The molecule has 0 heterocycles. The summed E-state index contributed by atoms with van der Waals surface area (Å²) < 4.78 is 26.3. The maximum atomic E-state index is 13.5. The molecule has 0 fully saturated rings. The van der Waals surface area contributed by atoms with Crippen LogP contribution >= 0.6 is 0 Å². The van der Waals surface area contributed by atoms with Gasteiger partial charge >= 0.3 is 0 Å². The van der Waals surface area contributed by atoms with E-state index in [1.165, 1.54) is 18.2 Å². The van der Waals surface area contributed by atoms with Gasteiger partial charge in [0, 0.05) is 6.42 Å².